The zero-order chi connectivity index (χ0) is 19.9. The predicted molar refractivity (Wildman–Crippen MR) is 118 cm³/mol. The number of hydrogen-bond donors (Lipinski definition) is 0. The van der Waals surface area contributed by atoms with Gasteiger partial charge in [-0.3, -0.25) is 9.97 Å². The molecule has 0 unspecified atom stereocenters. The molecule has 6 nitrogen and oxygen atoms in total. The first kappa shape index (κ1) is 16.6. The standard InChI is InChI=1S/C24H14N6/c1-3-17-19(25-13-1)9-5-15-7-11-21(27-23(15)17)29-30-22-12-8-16-6-10-20-18(24(16)28-22)4-2-14-26-20/h1-14H. The van der Waals surface area contributed by atoms with Gasteiger partial charge in [0, 0.05) is 33.9 Å². The number of azo groups is 1. The lowest BCUT2D eigenvalue weighted by Crippen LogP contribution is -1.85. The number of fused-ring (bicyclic) bond motifs is 6. The third kappa shape index (κ3) is 2.74. The fraction of sp³-hybridized carbons (Fsp3) is 0. The molecule has 0 saturated carbocycles. The Kier molecular flexibility index (Phi) is 3.67. The number of nitrogens with zero attached hydrogens (tertiary/aromatic N) is 6. The molecule has 2 aromatic carbocycles. The summed E-state index contributed by atoms with van der Waals surface area (Å²) in [6.45, 7) is 0. The molecule has 0 amide bonds. The van der Waals surface area contributed by atoms with Gasteiger partial charge in [0.2, 0.25) is 0 Å². The minimum atomic E-state index is 0.528. The number of benzene rings is 2. The molecule has 0 saturated heterocycles. The van der Waals surface area contributed by atoms with E-state index in [0.717, 1.165) is 43.6 Å². The summed E-state index contributed by atoms with van der Waals surface area (Å²) in [4.78, 5) is 18.2. The van der Waals surface area contributed by atoms with E-state index in [0.29, 0.717) is 11.6 Å². The third-order valence-corrected chi connectivity index (χ3v) is 5.11. The van der Waals surface area contributed by atoms with E-state index in [1.54, 1.807) is 12.4 Å². The second-order valence-electron chi connectivity index (χ2n) is 6.95. The smallest absolute Gasteiger partial charge is 0.175 e. The molecule has 0 spiro atoms. The fourth-order valence-corrected chi connectivity index (χ4v) is 3.67. The van der Waals surface area contributed by atoms with Crippen LogP contribution in [0.25, 0.3) is 43.6 Å². The Morgan fingerprint density at radius 2 is 0.967 bits per heavy atom. The van der Waals surface area contributed by atoms with E-state index in [9.17, 15) is 0 Å². The lowest BCUT2D eigenvalue weighted by Gasteiger charge is -2.03. The largest absolute Gasteiger partial charge is 0.256 e. The minimum Gasteiger partial charge on any atom is -0.256 e. The van der Waals surface area contributed by atoms with Crippen LogP contribution in [-0.2, 0) is 0 Å². The van der Waals surface area contributed by atoms with Crippen molar-refractivity contribution in [1.82, 2.24) is 19.9 Å². The van der Waals surface area contributed by atoms with E-state index >= 15 is 0 Å². The van der Waals surface area contributed by atoms with Gasteiger partial charge in [0.25, 0.3) is 0 Å². The topological polar surface area (TPSA) is 76.3 Å². The Morgan fingerprint density at radius 3 is 1.47 bits per heavy atom. The summed E-state index contributed by atoms with van der Waals surface area (Å²) in [5, 5.41) is 12.7. The van der Waals surface area contributed by atoms with Crippen molar-refractivity contribution in [2.24, 2.45) is 10.2 Å². The zero-order valence-corrected chi connectivity index (χ0v) is 15.8. The molecular formula is C24H14N6. The normalized spacial score (nSPS) is 11.9. The molecule has 0 aliphatic heterocycles. The molecule has 0 aliphatic rings. The molecule has 30 heavy (non-hydrogen) atoms. The number of hydrogen-bond acceptors (Lipinski definition) is 6. The summed E-state index contributed by atoms with van der Waals surface area (Å²) in [6, 6.07) is 23.6. The second-order valence-corrected chi connectivity index (χ2v) is 6.95. The SMILES string of the molecule is c1cnc2ccc3ccc(N=Nc4ccc5ccc6ncccc6c5n4)nc3c2c1. The molecule has 140 valence electrons. The van der Waals surface area contributed by atoms with Crippen LogP contribution in [-0.4, -0.2) is 19.9 Å². The summed E-state index contributed by atoms with van der Waals surface area (Å²) in [6.07, 6.45) is 3.56. The molecule has 0 bridgehead atoms. The van der Waals surface area contributed by atoms with Crippen molar-refractivity contribution in [2.45, 2.75) is 0 Å². The summed E-state index contributed by atoms with van der Waals surface area (Å²) in [5.41, 5.74) is 3.53. The first-order valence-corrected chi connectivity index (χ1v) is 9.56. The Labute approximate surface area is 171 Å². The Morgan fingerprint density at radius 1 is 0.500 bits per heavy atom. The molecule has 6 heteroatoms. The molecular weight excluding hydrogens is 372 g/mol. The maximum atomic E-state index is 4.69. The summed E-state index contributed by atoms with van der Waals surface area (Å²) in [5.74, 6) is 1.06. The van der Waals surface area contributed by atoms with E-state index < -0.39 is 0 Å². The average molecular weight is 386 g/mol. The molecule has 6 aromatic rings. The van der Waals surface area contributed by atoms with Crippen molar-refractivity contribution in [3.8, 4) is 0 Å². The maximum absolute atomic E-state index is 4.69. The molecule has 0 N–H and O–H groups in total. The summed E-state index contributed by atoms with van der Waals surface area (Å²) in [7, 11) is 0. The summed E-state index contributed by atoms with van der Waals surface area (Å²) < 4.78 is 0. The van der Waals surface area contributed by atoms with Crippen LogP contribution in [0.5, 0.6) is 0 Å². The lowest BCUT2D eigenvalue weighted by molar-refractivity contribution is 1.14. The number of aromatic nitrogens is 4. The van der Waals surface area contributed by atoms with Gasteiger partial charge in [-0.15, -0.1) is 10.2 Å². The van der Waals surface area contributed by atoms with Gasteiger partial charge >= 0.3 is 0 Å². The number of pyridine rings is 4. The molecule has 4 aromatic heterocycles. The number of rotatable bonds is 2. The highest BCUT2D eigenvalue weighted by Gasteiger charge is 2.05. The molecule has 4 heterocycles. The van der Waals surface area contributed by atoms with E-state index in [1.165, 1.54) is 0 Å². The van der Waals surface area contributed by atoms with E-state index in [4.69, 9.17) is 9.97 Å². The van der Waals surface area contributed by atoms with Crippen LogP contribution in [0, 0.1) is 0 Å². The Hall–Kier alpha value is -4.32. The summed E-state index contributed by atoms with van der Waals surface area (Å²) >= 11 is 0. The Balaban J connectivity index is 1.44. The lowest BCUT2D eigenvalue weighted by atomic mass is 10.1. The molecule has 6 rings (SSSR count). The van der Waals surface area contributed by atoms with Crippen LogP contribution in [0.1, 0.15) is 0 Å². The van der Waals surface area contributed by atoms with Gasteiger partial charge in [0.05, 0.1) is 22.1 Å². The van der Waals surface area contributed by atoms with Crippen LogP contribution < -0.4 is 0 Å². The van der Waals surface area contributed by atoms with Gasteiger partial charge in [-0.25, -0.2) is 9.97 Å². The highest BCUT2D eigenvalue weighted by atomic mass is 15.2. The molecule has 0 aliphatic carbocycles. The van der Waals surface area contributed by atoms with E-state index in [-0.39, 0.29) is 0 Å². The van der Waals surface area contributed by atoms with Crippen LogP contribution in [0.4, 0.5) is 11.6 Å². The van der Waals surface area contributed by atoms with Crippen LogP contribution >= 0.6 is 0 Å². The average Bonchev–Trinajstić information content (AvgIpc) is 2.82. The molecule has 0 atom stereocenters. The first-order chi connectivity index (χ1) is 14.8. The van der Waals surface area contributed by atoms with Crippen molar-refractivity contribution in [3.05, 3.63) is 85.2 Å². The quantitative estimate of drug-likeness (QED) is 0.259. The van der Waals surface area contributed by atoms with Gasteiger partial charge in [0.1, 0.15) is 0 Å². The van der Waals surface area contributed by atoms with Crippen molar-refractivity contribution in [1.29, 1.82) is 0 Å². The van der Waals surface area contributed by atoms with Gasteiger partial charge < -0.3 is 0 Å². The van der Waals surface area contributed by atoms with Crippen LogP contribution in [0.2, 0.25) is 0 Å². The third-order valence-electron chi connectivity index (χ3n) is 5.11. The molecule has 0 fully saturated rings. The van der Waals surface area contributed by atoms with Gasteiger partial charge in [-0.05, 0) is 60.7 Å². The molecule has 0 radical (unpaired) electrons. The minimum absolute atomic E-state index is 0.528. The van der Waals surface area contributed by atoms with Crippen molar-refractivity contribution < 1.29 is 0 Å². The predicted octanol–water partition coefficient (Wildman–Crippen LogP) is 6.29. The highest BCUT2D eigenvalue weighted by molar-refractivity contribution is 6.04. The first-order valence-electron chi connectivity index (χ1n) is 9.56. The van der Waals surface area contributed by atoms with Crippen molar-refractivity contribution >= 4 is 55.2 Å². The zero-order valence-electron chi connectivity index (χ0n) is 15.8. The maximum Gasteiger partial charge on any atom is 0.175 e. The fourth-order valence-electron chi connectivity index (χ4n) is 3.67. The van der Waals surface area contributed by atoms with Gasteiger partial charge in [-0.2, -0.15) is 0 Å². The van der Waals surface area contributed by atoms with Gasteiger partial charge in [0.15, 0.2) is 11.6 Å². The van der Waals surface area contributed by atoms with Crippen LogP contribution in [0.3, 0.4) is 0 Å². The van der Waals surface area contributed by atoms with E-state index in [2.05, 4.69) is 20.2 Å². The van der Waals surface area contributed by atoms with Crippen molar-refractivity contribution in [3.63, 3.8) is 0 Å². The second kappa shape index (κ2) is 6.63. The monoisotopic (exact) mass is 386 g/mol. The van der Waals surface area contributed by atoms with Crippen LogP contribution in [0.15, 0.2) is 95.4 Å². The van der Waals surface area contributed by atoms with Gasteiger partial charge in [-0.1, -0.05) is 12.1 Å². The van der Waals surface area contributed by atoms with E-state index in [1.807, 2.05) is 72.8 Å². The van der Waals surface area contributed by atoms with Crippen molar-refractivity contribution in [2.75, 3.05) is 0 Å². The Bertz CT molecular complexity index is 1490. The highest BCUT2D eigenvalue weighted by Crippen LogP contribution is 2.27.